The van der Waals surface area contributed by atoms with Crippen LogP contribution in [0.1, 0.15) is 16.8 Å². The lowest BCUT2D eigenvalue weighted by atomic mass is 10.1. The van der Waals surface area contributed by atoms with E-state index in [2.05, 4.69) is 0 Å². The third kappa shape index (κ3) is 1.86. The fourth-order valence-corrected chi connectivity index (χ4v) is 1.82. The topological polar surface area (TPSA) is 66.6 Å². The summed E-state index contributed by atoms with van der Waals surface area (Å²) in [5, 5.41) is 9.32. The maximum absolute atomic E-state index is 13.2. The van der Waals surface area contributed by atoms with E-state index in [4.69, 9.17) is 5.73 Å². The van der Waals surface area contributed by atoms with Gasteiger partial charge in [0.1, 0.15) is 5.82 Å². The van der Waals surface area contributed by atoms with E-state index in [0.717, 1.165) is 0 Å². The molecule has 1 heterocycles. The molecule has 0 spiro atoms. The lowest BCUT2D eigenvalue weighted by Crippen LogP contribution is -2.30. The van der Waals surface area contributed by atoms with E-state index >= 15 is 0 Å². The summed E-state index contributed by atoms with van der Waals surface area (Å²) in [7, 11) is 0. The largest absolute Gasteiger partial charge is 0.396 e. The Bertz CT molecular complexity index is 422. The van der Waals surface area contributed by atoms with Crippen LogP contribution in [0.25, 0.3) is 0 Å². The summed E-state index contributed by atoms with van der Waals surface area (Å²) in [6.45, 7) is 0.769. The highest BCUT2D eigenvalue weighted by atomic mass is 19.1. The number of hydrogen-bond donors (Lipinski definition) is 2. The summed E-state index contributed by atoms with van der Waals surface area (Å²) in [6, 6.07) is 4.15. The lowest BCUT2D eigenvalue weighted by Gasteiger charge is -2.16. The number of aliphatic hydroxyl groups is 1. The third-order valence-corrected chi connectivity index (χ3v) is 2.73. The zero-order chi connectivity index (χ0) is 11.7. The second-order valence-corrected chi connectivity index (χ2v) is 3.89. The number of β-amino-alcohol motifs (C(OH)–C–C–N with tert-alkyl or cyclic N) is 1. The van der Waals surface area contributed by atoms with E-state index in [1.54, 1.807) is 0 Å². The summed E-state index contributed by atoms with van der Waals surface area (Å²) in [6.07, 6.45) is 0.0692. The number of halogens is 1. The molecular formula is C11H13FN2O2. The van der Waals surface area contributed by atoms with Crippen LogP contribution >= 0.6 is 0 Å². The first kappa shape index (κ1) is 10.9. The highest BCUT2D eigenvalue weighted by Gasteiger charge is 2.26. The monoisotopic (exact) mass is 224 g/mol. The average Bonchev–Trinajstić information content (AvgIpc) is 2.68. The van der Waals surface area contributed by atoms with Crippen LogP contribution in [0.2, 0.25) is 0 Å². The van der Waals surface area contributed by atoms with E-state index in [1.165, 1.54) is 23.1 Å². The standard InChI is InChI=1S/C11H13FN2O2/c12-9-3-1-2-8(10(9)13)11(16)14-5-4-7(15)6-14/h1-3,7,15H,4-6,13H2/t7-/m0/s1. The van der Waals surface area contributed by atoms with Crippen molar-refractivity contribution in [2.75, 3.05) is 18.8 Å². The van der Waals surface area contributed by atoms with Crippen LogP contribution in [0, 0.1) is 5.82 Å². The number of nitrogen functional groups attached to an aromatic ring is 1. The molecule has 1 aromatic carbocycles. The quantitative estimate of drug-likeness (QED) is 0.687. The number of carbonyl (C=O) groups excluding carboxylic acids is 1. The van der Waals surface area contributed by atoms with Crippen molar-refractivity contribution in [3.63, 3.8) is 0 Å². The molecule has 1 aliphatic rings. The number of rotatable bonds is 1. The Labute approximate surface area is 92.5 Å². The Balaban J connectivity index is 2.24. The Morgan fingerprint density at radius 1 is 1.56 bits per heavy atom. The number of likely N-dealkylation sites (tertiary alicyclic amines) is 1. The molecule has 0 radical (unpaired) electrons. The number of para-hydroxylation sites is 1. The number of anilines is 1. The van der Waals surface area contributed by atoms with Crippen LogP contribution in [-0.4, -0.2) is 35.1 Å². The van der Waals surface area contributed by atoms with Gasteiger partial charge in [-0.1, -0.05) is 6.07 Å². The predicted octanol–water partition coefficient (Wildman–Crippen LogP) is 0.615. The first-order valence-electron chi connectivity index (χ1n) is 5.11. The first-order chi connectivity index (χ1) is 7.59. The molecule has 0 saturated carbocycles. The number of aliphatic hydroxyl groups excluding tert-OH is 1. The Morgan fingerprint density at radius 3 is 2.94 bits per heavy atom. The molecule has 1 aromatic rings. The predicted molar refractivity (Wildman–Crippen MR) is 57.3 cm³/mol. The molecule has 1 atom stereocenters. The van der Waals surface area contributed by atoms with Gasteiger partial charge in [0.15, 0.2) is 0 Å². The molecule has 16 heavy (non-hydrogen) atoms. The van der Waals surface area contributed by atoms with Crippen molar-refractivity contribution < 1.29 is 14.3 Å². The Morgan fingerprint density at radius 2 is 2.31 bits per heavy atom. The smallest absolute Gasteiger partial charge is 0.256 e. The van der Waals surface area contributed by atoms with Crippen LogP contribution in [0.4, 0.5) is 10.1 Å². The minimum Gasteiger partial charge on any atom is -0.396 e. The van der Waals surface area contributed by atoms with Crippen LogP contribution in [0.5, 0.6) is 0 Å². The molecule has 0 aliphatic carbocycles. The van der Waals surface area contributed by atoms with Crippen LogP contribution in [-0.2, 0) is 0 Å². The molecule has 2 rings (SSSR count). The molecule has 1 fully saturated rings. The van der Waals surface area contributed by atoms with E-state index in [0.29, 0.717) is 13.0 Å². The third-order valence-electron chi connectivity index (χ3n) is 2.73. The fourth-order valence-electron chi connectivity index (χ4n) is 1.82. The number of nitrogens with zero attached hydrogens (tertiary/aromatic N) is 1. The van der Waals surface area contributed by atoms with E-state index in [-0.39, 0.29) is 23.7 Å². The van der Waals surface area contributed by atoms with Crippen molar-refractivity contribution in [1.82, 2.24) is 4.90 Å². The number of benzene rings is 1. The minimum absolute atomic E-state index is 0.131. The van der Waals surface area contributed by atoms with Gasteiger partial charge in [-0.25, -0.2) is 4.39 Å². The van der Waals surface area contributed by atoms with Gasteiger partial charge >= 0.3 is 0 Å². The van der Waals surface area contributed by atoms with E-state index < -0.39 is 11.9 Å². The molecule has 3 N–H and O–H groups in total. The summed E-state index contributed by atoms with van der Waals surface area (Å²) in [5.41, 5.74) is 5.53. The van der Waals surface area contributed by atoms with Crippen molar-refractivity contribution in [2.45, 2.75) is 12.5 Å². The van der Waals surface area contributed by atoms with Gasteiger partial charge in [0.05, 0.1) is 17.4 Å². The van der Waals surface area contributed by atoms with Gasteiger partial charge in [-0.2, -0.15) is 0 Å². The van der Waals surface area contributed by atoms with Crippen LogP contribution in [0.15, 0.2) is 18.2 Å². The molecule has 86 valence electrons. The number of amides is 1. The molecular weight excluding hydrogens is 211 g/mol. The molecule has 5 heteroatoms. The highest BCUT2D eigenvalue weighted by molar-refractivity contribution is 5.99. The zero-order valence-corrected chi connectivity index (χ0v) is 8.69. The zero-order valence-electron chi connectivity index (χ0n) is 8.69. The van der Waals surface area contributed by atoms with Crippen molar-refractivity contribution in [3.8, 4) is 0 Å². The lowest BCUT2D eigenvalue weighted by molar-refractivity contribution is 0.0765. The first-order valence-corrected chi connectivity index (χ1v) is 5.11. The van der Waals surface area contributed by atoms with Crippen molar-refractivity contribution >= 4 is 11.6 Å². The second kappa shape index (κ2) is 4.09. The summed E-state index contributed by atoms with van der Waals surface area (Å²) in [5.74, 6) is -0.917. The number of carbonyl (C=O) groups is 1. The number of nitrogens with two attached hydrogens (primary N) is 1. The highest BCUT2D eigenvalue weighted by Crippen LogP contribution is 2.20. The number of hydrogen-bond acceptors (Lipinski definition) is 3. The Kier molecular flexibility index (Phi) is 2.78. The molecule has 0 bridgehead atoms. The van der Waals surface area contributed by atoms with E-state index in [9.17, 15) is 14.3 Å². The fraction of sp³-hybridized carbons (Fsp3) is 0.364. The minimum atomic E-state index is -0.592. The van der Waals surface area contributed by atoms with Crippen molar-refractivity contribution in [2.24, 2.45) is 0 Å². The van der Waals surface area contributed by atoms with Gasteiger partial charge in [0.2, 0.25) is 0 Å². The van der Waals surface area contributed by atoms with E-state index in [1.807, 2.05) is 0 Å². The normalized spacial score (nSPS) is 20.1. The SMILES string of the molecule is Nc1c(F)cccc1C(=O)N1CC[C@H](O)C1. The van der Waals surface area contributed by atoms with Gasteiger partial charge < -0.3 is 15.7 Å². The molecule has 1 aliphatic heterocycles. The van der Waals surface area contributed by atoms with Gasteiger partial charge in [-0.15, -0.1) is 0 Å². The average molecular weight is 224 g/mol. The van der Waals surface area contributed by atoms with Gasteiger partial charge in [-0.3, -0.25) is 4.79 Å². The molecule has 0 aromatic heterocycles. The maximum Gasteiger partial charge on any atom is 0.256 e. The van der Waals surface area contributed by atoms with Crippen molar-refractivity contribution in [3.05, 3.63) is 29.6 Å². The molecule has 1 amide bonds. The summed E-state index contributed by atoms with van der Waals surface area (Å²) < 4.78 is 13.2. The van der Waals surface area contributed by atoms with Gasteiger partial charge in [0, 0.05) is 13.1 Å². The molecule has 0 unspecified atom stereocenters. The molecule has 4 nitrogen and oxygen atoms in total. The van der Waals surface area contributed by atoms with Crippen LogP contribution in [0.3, 0.4) is 0 Å². The molecule has 1 saturated heterocycles. The second-order valence-electron chi connectivity index (χ2n) is 3.89. The Hall–Kier alpha value is -1.62. The van der Waals surface area contributed by atoms with Gasteiger partial charge in [0.25, 0.3) is 5.91 Å². The summed E-state index contributed by atoms with van der Waals surface area (Å²) in [4.78, 5) is 13.4. The summed E-state index contributed by atoms with van der Waals surface area (Å²) >= 11 is 0. The van der Waals surface area contributed by atoms with Crippen molar-refractivity contribution in [1.29, 1.82) is 0 Å². The van der Waals surface area contributed by atoms with Crippen LogP contribution < -0.4 is 5.73 Å². The van der Waals surface area contributed by atoms with Gasteiger partial charge in [-0.05, 0) is 18.6 Å². The maximum atomic E-state index is 13.2.